The van der Waals surface area contributed by atoms with Crippen LogP contribution in [0.5, 0.6) is 0 Å². The monoisotopic (exact) mass is 278 g/mol. The maximum absolute atomic E-state index is 12.4. The fraction of sp³-hybridized carbons (Fsp3) is 0.429. The van der Waals surface area contributed by atoms with E-state index in [2.05, 4.69) is 0 Å². The maximum atomic E-state index is 12.4. The van der Waals surface area contributed by atoms with E-state index in [1.807, 2.05) is 13.0 Å². The number of hydrogen-bond donors (Lipinski definition) is 0. The molecule has 2 heterocycles. The molecule has 2 aliphatic heterocycles. The van der Waals surface area contributed by atoms with Crippen LogP contribution in [0.4, 0.5) is 10.5 Å². The summed E-state index contributed by atoms with van der Waals surface area (Å²) in [5, 5.41) is 0.571. The topological polar surface area (TPSA) is 40.6 Å². The lowest BCUT2D eigenvalue weighted by Crippen LogP contribution is -2.54. The molecular weight excluding hydrogens is 264 g/mol. The molecule has 0 N–H and O–H groups in total. The number of anilines is 1. The molecule has 2 saturated heterocycles. The first-order valence-electron chi connectivity index (χ1n) is 6.47. The van der Waals surface area contributed by atoms with Crippen molar-refractivity contribution >= 4 is 29.2 Å². The van der Waals surface area contributed by atoms with Gasteiger partial charge >= 0.3 is 6.03 Å². The molecule has 1 atom stereocenters. The van der Waals surface area contributed by atoms with Gasteiger partial charge in [-0.05, 0) is 37.5 Å². The SMILES string of the molecule is Cc1ccc(N2C(=O)CC3CCCN3C2=O)cc1Cl. The maximum Gasteiger partial charge on any atom is 0.331 e. The lowest BCUT2D eigenvalue weighted by atomic mass is 10.1. The summed E-state index contributed by atoms with van der Waals surface area (Å²) in [6.45, 7) is 2.63. The predicted octanol–water partition coefficient (Wildman–Crippen LogP) is 2.97. The van der Waals surface area contributed by atoms with E-state index in [1.54, 1.807) is 17.0 Å². The number of imide groups is 1. The van der Waals surface area contributed by atoms with E-state index in [4.69, 9.17) is 11.6 Å². The summed E-state index contributed by atoms with van der Waals surface area (Å²) >= 11 is 6.08. The summed E-state index contributed by atoms with van der Waals surface area (Å²) in [6.07, 6.45) is 2.32. The highest BCUT2D eigenvalue weighted by Crippen LogP contribution is 2.31. The lowest BCUT2D eigenvalue weighted by molar-refractivity contribution is -0.119. The van der Waals surface area contributed by atoms with Crippen LogP contribution in [0.3, 0.4) is 0 Å². The molecule has 2 fully saturated rings. The summed E-state index contributed by atoms with van der Waals surface area (Å²) < 4.78 is 0. The minimum atomic E-state index is -0.210. The van der Waals surface area contributed by atoms with Crippen LogP contribution in [0.1, 0.15) is 24.8 Å². The number of nitrogens with zero attached hydrogens (tertiary/aromatic N) is 2. The number of aryl methyl sites for hydroxylation is 1. The number of rotatable bonds is 1. The van der Waals surface area contributed by atoms with Gasteiger partial charge in [0.25, 0.3) is 0 Å². The lowest BCUT2D eigenvalue weighted by Gasteiger charge is -2.36. The smallest absolute Gasteiger partial charge is 0.320 e. The Hall–Kier alpha value is -1.55. The normalized spacial score (nSPS) is 22.9. The van der Waals surface area contributed by atoms with Gasteiger partial charge in [-0.15, -0.1) is 0 Å². The number of amides is 3. The highest BCUT2D eigenvalue weighted by Gasteiger charge is 2.41. The van der Waals surface area contributed by atoms with Gasteiger partial charge in [-0.1, -0.05) is 17.7 Å². The highest BCUT2D eigenvalue weighted by atomic mass is 35.5. The van der Waals surface area contributed by atoms with Crippen molar-refractivity contribution in [2.75, 3.05) is 11.4 Å². The zero-order chi connectivity index (χ0) is 13.6. The molecule has 2 aliphatic rings. The number of carbonyl (C=O) groups is 2. The number of halogens is 1. The zero-order valence-corrected chi connectivity index (χ0v) is 11.5. The second-order valence-electron chi connectivity index (χ2n) is 5.14. The molecule has 100 valence electrons. The van der Waals surface area contributed by atoms with Gasteiger partial charge in [0, 0.05) is 24.0 Å². The van der Waals surface area contributed by atoms with Crippen molar-refractivity contribution in [1.29, 1.82) is 0 Å². The molecule has 0 radical (unpaired) electrons. The largest absolute Gasteiger partial charge is 0.331 e. The van der Waals surface area contributed by atoms with Gasteiger partial charge < -0.3 is 4.90 Å². The third-order valence-corrected chi connectivity index (χ3v) is 4.29. The second-order valence-corrected chi connectivity index (χ2v) is 5.55. The molecular formula is C14H15ClN2O2. The average molecular weight is 279 g/mol. The first-order chi connectivity index (χ1) is 9.08. The fourth-order valence-corrected chi connectivity index (χ4v) is 2.98. The zero-order valence-electron chi connectivity index (χ0n) is 10.7. The molecule has 1 aromatic carbocycles. The van der Waals surface area contributed by atoms with Gasteiger partial charge in [0.1, 0.15) is 0 Å². The van der Waals surface area contributed by atoms with E-state index in [1.165, 1.54) is 4.90 Å². The molecule has 0 spiro atoms. The Morgan fingerprint density at radius 2 is 2.11 bits per heavy atom. The Labute approximate surface area is 116 Å². The fourth-order valence-electron chi connectivity index (χ4n) is 2.80. The molecule has 5 heteroatoms. The Kier molecular flexibility index (Phi) is 2.97. The molecule has 19 heavy (non-hydrogen) atoms. The van der Waals surface area contributed by atoms with E-state index >= 15 is 0 Å². The number of hydrogen-bond acceptors (Lipinski definition) is 2. The second kappa shape index (κ2) is 4.53. The van der Waals surface area contributed by atoms with Crippen molar-refractivity contribution in [3.8, 4) is 0 Å². The Morgan fingerprint density at radius 3 is 2.84 bits per heavy atom. The summed E-state index contributed by atoms with van der Waals surface area (Å²) in [5.74, 6) is -0.131. The van der Waals surface area contributed by atoms with Gasteiger partial charge in [-0.3, -0.25) is 4.79 Å². The standard InChI is InChI=1S/C14H15ClN2O2/c1-9-4-5-11(7-12(9)15)17-13(18)8-10-3-2-6-16(10)14(17)19/h4-5,7,10H,2-3,6,8H2,1H3. The quantitative estimate of drug-likeness (QED) is 0.792. The average Bonchev–Trinajstić information content (AvgIpc) is 2.82. The number of carbonyl (C=O) groups excluding carboxylic acids is 2. The van der Waals surface area contributed by atoms with Crippen LogP contribution >= 0.6 is 11.6 Å². The van der Waals surface area contributed by atoms with Crippen LogP contribution in [0.25, 0.3) is 0 Å². The summed E-state index contributed by atoms with van der Waals surface area (Å²) in [6, 6.07) is 5.17. The third kappa shape index (κ3) is 2.00. The van der Waals surface area contributed by atoms with Crippen LogP contribution in [-0.4, -0.2) is 29.4 Å². The molecule has 3 amide bonds. The summed E-state index contributed by atoms with van der Waals surface area (Å²) in [5.41, 5.74) is 1.50. The van der Waals surface area contributed by atoms with Gasteiger partial charge in [0.15, 0.2) is 0 Å². The van der Waals surface area contributed by atoms with Crippen molar-refractivity contribution in [3.05, 3.63) is 28.8 Å². The van der Waals surface area contributed by atoms with E-state index in [0.29, 0.717) is 17.1 Å². The molecule has 3 rings (SSSR count). The van der Waals surface area contributed by atoms with Crippen molar-refractivity contribution in [3.63, 3.8) is 0 Å². The molecule has 0 saturated carbocycles. The Balaban J connectivity index is 1.96. The minimum Gasteiger partial charge on any atom is -0.320 e. The summed E-state index contributed by atoms with van der Waals surface area (Å²) in [7, 11) is 0. The Morgan fingerprint density at radius 1 is 1.32 bits per heavy atom. The van der Waals surface area contributed by atoms with E-state index in [9.17, 15) is 9.59 Å². The molecule has 0 bridgehead atoms. The van der Waals surface area contributed by atoms with Gasteiger partial charge in [-0.25, -0.2) is 9.69 Å². The third-order valence-electron chi connectivity index (χ3n) is 3.89. The molecule has 0 aromatic heterocycles. The van der Waals surface area contributed by atoms with Crippen molar-refractivity contribution in [2.24, 2.45) is 0 Å². The van der Waals surface area contributed by atoms with Crippen molar-refractivity contribution in [1.82, 2.24) is 4.90 Å². The van der Waals surface area contributed by atoms with Gasteiger partial charge in [-0.2, -0.15) is 0 Å². The molecule has 1 unspecified atom stereocenters. The number of benzene rings is 1. The van der Waals surface area contributed by atoms with Gasteiger partial charge in [0.05, 0.1) is 5.69 Å². The van der Waals surface area contributed by atoms with Crippen LogP contribution in [-0.2, 0) is 4.79 Å². The van der Waals surface area contributed by atoms with E-state index in [-0.39, 0.29) is 18.0 Å². The predicted molar refractivity (Wildman–Crippen MR) is 73.4 cm³/mol. The highest BCUT2D eigenvalue weighted by molar-refractivity contribution is 6.32. The van der Waals surface area contributed by atoms with Crippen LogP contribution in [0, 0.1) is 6.92 Å². The molecule has 0 aliphatic carbocycles. The van der Waals surface area contributed by atoms with Crippen molar-refractivity contribution in [2.45, 2.75) is 32.2 Å². The van der Waals surface area contributed by atoms with Crippen molar-refractivity contribution < 1.29 is 9.59 Å². The van der Waals surface area contributed by atoms with Gasteiger partial charge in [0.2, 0.25) is 5.91 Å². The molecule has 1 aromatic rings. The van der Waals surface area contributed by atoms with E-state index in [0.717, 1.165) is 24.9 Å². The van der Waals surface area contributed by atoms with Crippen LogP contribution < -0.4 is 4.90 Å². The summed E-state index contributed by atoms with van der Waals surface area (Å²) in [4.78, 5) is 27.6. The minimum absolute atomic E-state index is 0.0946. The van der Waals surface area contributed by atoms with Crippen LogP contribution in [0.15, 0.2) is 18.2 Å². The first-order valence-corrected chi connectivity index (χ1v) is 6.85. The number of urea groups is 1. The van der Waals surface area contributed by atoms with Crippen LogP contribution in [0.2, 0.25) is 5.02 Å². The Bertz CT molecular complexity index is 558. The molecule has 4 nitrogen and oxygen atoms in total. The number of fused-ring (bicyclic) bond motifs is 1. The van der Waals surface area contributed by atoms with E-state index < -0.39 is 0 Å². The first kappa shape index (κ1) is 12.5.